The van der Waals surface area contributed by atoms with Gasteiger partial charge >= 0.3 is 0 Å². The Morgan fingerprint density at radius 1 is 1.04 bits per heavy atom. The SMILES string of the molecule is N#CC(CCCCc1ccc(Cl)cc1)(Cn1cncn1)c1ccccc1. The lowest BCUT2D eigenvalue weighted by Crippen LogP contribution is -2.30. The van der Waals surface area contributed by atoms with Crippen molar-refractivity contribution < 1.29 is 0 Å². The highest BCUT2D eigenvalue weighted by Gasteiger charge is 2.32. The summed E-state index contributed by atoms with van der Waals surface area (Å²) in [6.45, 7) is 0.508. The van der Waals surface area contributed by atoms with E-state index in [0.717, 1.165) is 36.3 Å². The van der Waals surface area contributed by atoms with E-state index in [0.29, 0.717) is 6.54 Å². The lowest BCUT2D eigenvalue weighted by Gasteiger charge is -2.27. The average Bonchev–Trinajstić information content (AvgIpc) is 3.19. The van der Waals surface area contributed by atoms with Crippen molar-refractivity contribution in [3.8, 4) is 6.07 Å². The van der Waals surface area contributed by atoms with Crippen molar-refractivity contribution in [2.75, 3.05) is 0 Å². The molecule has 1 aromatic heterocycles. The monoisotopic (exact) mass is 364 g/mol. The van der Waals surface area contributed by atoms with Gasteiger partial charge in [-0.3, -0.25) is 4.68 Å². The Bertz CT molecular complexity index is 838. The number of hydrogen-bond donors (Lipinski definition) is 0. The molecule has 1 unspecified atom stereocenters. The van der Waals surface area contributed by atoms with Crippen LogP contribution < -0.4 is 0 Å². The first-order chi connectivity index (χ1) is 12.7. The second-order valence-electron chi connectivity index (χ2n) is 6.49. The first-order valence-electron chi connectivity index (χ1n) is 8.75. The molecule has 0 saturated carbocycles. The van der Waals surface area contributed by atoms with Crippen molar-refractivity contribution >= 4 is 11.6 Å². The zero-order chi connectivity index (χ0) is 18.2. The minimum absolute atomic E-state index is 0.508. The Labute approximate surface area is 159 Å². The molecule has 0 radical (unpaired) electrons. The molecule has 4 nitrogen and oxygen atoms in total. The Morgan fingerprint density at radius 2 is 1.81 bits per heavy atom. The Morgan fingerprint density at radius 3 is 2.46 bits per heavy atom. The van der Waals surface area contributed by atoms with Gasteiger partial charge < -0.3 is 0 Å². The number of nitrogens with zero attached hydrogens (tertiary/aromatic N) is 4. The van der Waals surface area contributed by atoms with E-state index in [4.69, 9.17) is 11.6 Å². The third kappa shape index (κ3) is 4.50. The molecule has 0 spiro atoms. The molecule has 1 heterocycles. The lowest BCUT2D eigenvalue weighted by atomic mass is 9.77. The zero-order valence-electron chi connectivity index (χ0n) is 14.6. The van der Waals surface area contributed by atoms with Crippen LogP contribution in [0.2, 0.25) is 5.02 Å². The van der Waals surface area contributed by atoms with Gasteiger partial charge in [0.1, 0.15) is 18.1 Å². The van der Waals surface area contributed by atoms with Gasteiger partial charge in [0.15, 0.2) is 0 Å². The molecule has 0 N–H and O–H groups in total. The summed E-state index contributed by atoms with van der Waals surface area (Å²) < 4.78 is 1.75. The van der Waals surface area contributed by atoms with Gasteiger partial charge in [0.25, 0.3) is 0 Å². The summed E-state index contributed by atoms with van der Waals surface area (Å²) in [6.07, 6.45) is 6.92. The predicted molar refractivity (Wildman–Crippen MR) is 103 cm³/mol. The van der Waals surface area contributed by atoms with Crippen LogP contribution in [-0.2, 0) is 18.4 Å². The number of halogens is 1. The van der Waals surface area contributed by atoms with Crippen LogP contribution in [0.5, 0.6) is 0 Å². The van der Waals surface area contributed by atoms with Crippen LogP contribution >= 0.6 is 11.6 Å². The van der Waals surface area contributed by atoms with E-state index in [9.17, 15) is 5.26 Å². The number of aryl methyl sites for hydroxylation is 1. The van der Waals surface area contributed by atoms with Crippen LogP contribution in [0.1, 0.15) is 30.4 Å². The molecule has 5 heteroatoms. The Balaban J connectivity index is 1.69. The summed E-state index contributed by atoms with van der Waals surface area (Å²) in [6, 6.07) is 20.5. The molecule has 0 aliphatic heterocycles. The minimum Gasteiger partial charge on any atom is -0.251 e. The van der Waals surface area contributed by atoms with Gasteiger partial charge in [0, 0.05) is 5.02 Å². The zero-order valence-corrected chi connectivity index (χ0v) is 15.3. The van der Waals surface area contributed by atoms with Crippen LogP contribution in [0.15, 0.2) is 67.3 Å². The van der Waals surface area contributed by atoms with Gasteiger partial charge in [-0.25, -0.2) is 4.98 Å². The number of benzene rings is 2. The quantitative estimate of drug-likeness (QED) is 0.539. The lowest BCUT2D eigenvalue weighted by molar-refractivity contribution is 0.387. The maximum absolute atomic E-state index is 10.0. The van der Waals surface area contributed by atoms with Crippen molar-refractivity contribution in [3.05, 3.63) is 83.4 Å². The number of rotatable bonds is 8. The molecule has 3 aromatic rings. The fraction of sp³-hybridized carbons (Fsp3) is 0.286. The second kappa shape index (κ2) is 8.64. The van der Waals surface area contributed by atoms with Crippen molar-refractivity contribution in [1.29, 1.82) is 5.26 Å². The second-order valence-corrected chi connectivity index (χ2v) is 6.92. The molecule has 2 aromatic carbocycles. The van der Waals surface area contributed by atoms with Gasteiger partial charge in [-0.1, -0.05) is 60.5 Å². The molecular formula is C21H21ClN4. The van der Waals surface area contributed by atoms with Crippen molar-refractivity contribution in [2.45, 2.75) is 37.6 Å². The van der Waals surface area contributed by atoms with E-state index in [2.05, 4.69) is 28.3 Å². The highest BCUT2D eigenvalue weighted by Crippen LogP contribution is 2.31. The molecule has 132 valence electrons. The minimum atomic E-state index is -0.602. The topological polar surface area (TPSA) is 54.5 Å². The maximum Gasteiger partial charge on any atom is 0.137 e. The molecule has 0 amide bonds. The molecule has 0 aliphatic rings. The van der Waals surface area contributed by atoms with E-state index in [1.54, 1.807) is 11.0 Å². The predicted octanol–water partition coefficient (Wildman–Crippen LogP) is 4.81. The molecular weight excluding hydrogens is 344 g/mol. The number of nitriles is 1. The third-order valence-corrected chi connectivity index (χ3v) is 4.92. The highest BCUT2D eigenvalue weighted by molar-refractivity contribution is 6.30. The van der Waals surface area contributed by atoms with Crippen LogP contribution in [-0.4, -0.2) is 14.8 Å². The largest absolute Gasteiger partial charge is 0.251 e. The molecule has 3 rings (SSSR count). The number of hydrogen-bond acceptors (Lipinski definition) is 3. The smallest absolute Gasteiger partial charge is 0.137 e. The summed E-state index contributed by atoms with van der Waals surface area (Å²) in [5, 5.41) is 15.0. The van der Waals surface area contributed by atoms with Crippen molar-refractivity contribution in [1.82, 2.24) is 14.8 Å². The standard InChI is InChI=1S/C21H21ClN4/c22-20-11-9-18(10-12-20)6-4-5-13-21(14-23,15-26-17-24-16-25-26)19-7-2-1-3-8-19/h1-3,7-12,16-17H,4-6,13,15H2. The van der Waals surface area contributed by atoms with E-state index in [1.165, 1.54) is 11.9 Å². The Kier molecular flexibility index (Phi) is 6.04. The normalized spacial score (nSPS) is 13.1. The number of aromatic nitrogens is 3. The van der Waals surface area contributed by atoms with Gasteiger partial charge in [-0.2, -0.15) is 10.4 Å². The number of unbranched alkanes of at least 4 members (excludes halogenated alkanes) is 1. The molecule has 0 fully saturated rings. The van der Waals surface area contributed by atoms with E-state index in [1.807, 2.05) is 42.5 Å². The van der Waals surface area contributed by atoms with Gasteiger partial charge in [-0.15, -0.1) is 0 Å². The first kappa shape index (κ1) is 18.2. The Hall–Kier alpha value is -2.64. The van der Waals surface area contributed by atoms with Crippen molar-refractivity contribution in [3.63, 3.8) is 0 Å². The highest BCUT2D eigenvalue weighted by atomic mass is 35.5. The maximum atomic E-state index is 10.0. The van der Waals surface area contributed by atoms with Crippen molar-refractivity contribution in [2.24, 2.45) is 0 Å². The summed E-state index contributed by atoms with van der Waals surface area (Å²) in [5.74, 6) is 0. The van der Waals surface area contributed by atoms with Crippen LogP contribution in [0.25, 0.3) is 0 Å². The van der Waals surface area contributed by atoms with E-state index < -0.39 is 5.41 Å². The fourth-order valence-corrected chi connectivity index (χ4v) is 3.35. The van der Waals surface area contributed by atoms with Gasteiger partial charge in [0.2, 0.25) is 0 Å². The van der Waals surface area contributed by atoms with E-state index >= 15 is 0 Å². The summed E-state index contributed by atoms with van der Waals surface area (Å²) in [4.78, 5) is 4.01. The van der Waals surface area contributed by atoms with Crippen LogP contribution in [0.3, 0.4) is 0 Å². The third-order valence-electron chi connectivity index (χ3n) is 4.67. The van der Waals surface area contributed by atoms with Gasteiger partial charge in [-0.05, 0) is 42.5 Å². The molecule has 0 aliphatic carbocycles. The average molecular weight is 365 g/mol. The summed E-state index contributed by atoms with van der Waals surface area (Å²) in [5.41, 5.74) is 1.70. The molecule has 1 atom stereocenters. The molecule has 0 bridgehead atoms. The van der Waals surface area contributed by atoms with Gasteiger partial charge in [0.05, 0.1) is 12.6 Å². The van der Waals surface area contributed by atoms with Crippen LogP contribution in [0.4, 0.5) is 0 Å². The molecule has 0 saturated heterocycles. The van der Waals surface area contributed by atoms with Crippen LogP contribution in [0, 0.1) is 11.3 Å². The molecule has 26 heavy (non-hydrogen) atoms. The summed E-state index contributed by atoms with van der Waals surface area (Å²) in [7, 11) is 0. The first-order valence-corrected chi connectivity index (χ1v) is 9.13. The summed E-state index contributed by atoms with van der Waals surface area (Å²) >= 11 is 5.94. The van der Waals surface area contributed by atoms with E-state index in [-0.39, 0.29) is 0 Å². The fourth-order valence-electron chi connectivity index (χ4n) is 3.23.